The molecule has 2 atom stereocenters. The summed E-state index contributed by atoms with van der Waals surface area (Å²) in [7, 11) is 0. The SMILES string of the molecule is CCCCCCC(C)NC(C)c1ccc2c(c1)CCC2. The maximum atomic E-state index is 3.76. The van der Waals surface area contributed by atoms with Gasteiger partial charge in [-0.05, 0) is 56.2 Å². The molecule has 0 fully saturated rings. The highest BCUT2D eigenvalue weighted by Gasteiger charge is 2.14. The van der Waals surface area contributed by atoms with E-state index >= 15 is 0 Å². The van der Waals surface area contributed by atoms with E-state index in [0.717, 1.165) is 0 Å². The van der Waals surface area contributed by atoms with Crippen LogP contribution in [0.15, 0.2) is 18.2 Å². The Morgan fingerprint density at radius 2 is 1.85 bits per heavy atom. The number of nitrogens with one attached hydrogen (secondary N) is 1. The first-order chi connectivity index (χ1) is 9.70. The third kappa shape index (κ3) is 4.34. The second kappa shape index (κ2) is 7.83. The molecule has 1 aliphatic rings. The van der Waals surface area contributed by atoms with Crippen LogP contribution in [0.4, 0.5) is 0 Å². The molecule has 1 heteroatoms. The van der Waals surface area contributed by atoms with E-state index in [4.69, 9.17) is 0 Å². The van der Waals surface area contributed by atoms with Gasteiger partial charge in [0.15, 0.2) is 0 Å². The summed E-state index contributed by atoms with van der Waals surface area (Å²) in [6.07, 6.45) is 10.7. The fraction of sp³-hybridized carbons (Fsp3) is 0.684. The van der Waals surface area contributed by atoms with Crippen molar-refractivity contribution in [2.75, 3.05) is 0 Å². The minimum Gasteiger partial charge on any atom is -0.308 e. The molecule has 112 valence electrons. The molecular formula is C19H31N. The summed E-state index contributed by atoms with van der Waals surface area (Å²) in [5, 5.41) is 3.76. The molecule has 0 saturated heterocycles. The fourth-order valence-corrected chi connectivity index (χ4v) is 3.34. The van der Waals surface area contributed by atoms with Gasteiger partial charge in [-0.1, -0.05) is 50.8 Å². The highest BCUT2D eigenvalue weighted by molar-refractivity contribution is 5.36. The van der Waals surface area contributed by atoms with Crippen LogP contribution in [0, 0.1) is 0 Å². The second-order valence-corrected chi connectivity index (χ2v) is 6.52. The van der Waals surface area contributed by atoms with Gasteiger partial charge in [-0.3, -0.25) is 0 Å². The van der Waals surface area contributed by atoms with Gasteiger partial charge in [0.05, 0.1) is 0 Å². The lowest BCUT2D eigenvalue weighted by molar-refractivity contribution is 0.438. The van der Waals surface area contributed by atoms with Gasteiger partial charge in [0.1, 0.15) is 0 Å². The maximum Gasteiger partial charge on any atom is 0.0294 e. The van der Waals surface area contributed by atoms with Crippen molar-refractivity contribution in [1.82, 2.24) is 5.32 Å². The molecule has 0 bridgehead atoms. The molecule has 0 heterocycles. The molecule has 2 rings (SSSR count). The first-order valence-corrected chi connectivity index (χ1v) is 8.58. The van der Waals surface area contributed by atoms with Crippen molar-refractivity contribution < 1.29 is 0 Å². The van der Waals surface area contributed by atoms with Crippen LogP contribution < -0.4 is 5.32 Å². The highest BCUT2D eigenvalue weighted by atomic mass is 14.9. The average Bonchev–Trinajstić information content (AvgIpc) is 2.90. The molecule has 0 spiro atoms. The predicted molar refractivity (Wildman–Crippen MR) is 88.2 cm³/mol. The lowest BCUT2D eigenvalue weighted by Gasteiger charge is -2.21. The zero-order valence-corrected chi connectivity index (χ0v) is 13.5. The zero-order chi connectivity index (χ0) is 14.4. The van der Waals surface area contributed by atoms with Gasteiger partial charge >= 0.3 is 0 Å². The maximum absolute atomic E-state index is 3.76. The van der Waals surface area contributed by atoms with Crippen molar-refractivity contribution in [3.8, 4) is 0 Å². The van der Waals surface area contributed by atoms with Crippen LogP contribution in [-0.2, 0) is 12.8 Å². The van der Waals surface area contributed by atoms with E-state index in [1.54, 1.807) is 11.1 Å². The van der Waals surface area contributed by atoms with Crippen molar-refractivity contribution in [1.29, 1.82) is 0 Å². The molecule has 1 aromatic carbocycles. The van der Waals surface area contributed by atoms with Crippen LogP contribution in [0.5, 0.6) is 0 Å². The Morgan fingerprint density at radius 3 is 2.65 bits per heavy atom. The molecule has 0 saturated carbocycles. The molecular weight excluding hydrogens is 242 g/mol. The van der Waals surface area contributed by atoms with Crippen LogP contribution >= 0.6 is 0 Å². The standard InChI is InChI=1S/C19H31N/c1-4-5-6-7-9-15(2)20-16(3)18-13-12-17-10-8-11-19(17)14-18/h12-16,20H,4-11H2,1-3H3. The first-order valence-electron chi connectivity index (χ1n) is 8.58. The van der Waals surface area contributed by atoms with Crippen LogP contribution in [0.2, 0.25) is 0 Å². The number of fused-ring (bicyclic) bond motifs is 1. The molecule has 1 nitrogen and oxygen atoms in total. The van der Waals surface area contributed by atoms with Crippen LogP contribution in [0.1, 0.15) is 82.0 Å². The summed E-state index contributed by atoms with van der Waals surface area (Å²) in [4.78, 5) is 0. The van der Waals surface area contributed by atoms with Gasteiger partial charge in [-0.2, -0.15) is 0 Å². The topological polar surface area (TPSA) is 12.0 Å². The smallest absolute Gasteiger partial charge is 0.0294 e. The summed E-state index contributed by atoms with van der Waals surface area (Å²) in [6.45, 7) is 6.91. The highest BCUT2D eigenvalue weighted by Crippen LogP contribution is 2.25. The van der Waals surface area contributed by atoms with Crippen molar-refractivity contribution in [2.24, 2.45) is 0 Å². The van der Waals surface area contributed by atoms with Crippen LogP contribution in [0.25, 0.3) is 0 Å². The summed E-state index contributed by atoms with van der Waals surface area (Å²) in [6, 6.07) is 8.20. The minimum absolute atomic E-state index is 0.474. The molecule has 0 radical (unpaired) electrons. The second-order valence-electron chi connectivity index (χ2n) is 6.52. The zero-order valence-electron chi connectivity index (χ0n) is 13.5. The van der Waals surface area contributed by atoms with Crippen LogP contribution in [-0.4, -0.2) is 6.04 Å². The molecule has 2 unspecified atom stereocenters. The largest absolute Gasteiger partial charge is 0.308 e. The van der Waals surface area contributed by atoms with Crippen molar-refractivity contribution in [2.45, 2.75) is 84.2 Å². The predicted octanol–water partition coefficient (Wildman–Crippen LogP) is 5.18. The van der Waals surface area contributed by atoms with E-state index in [1.165, 1.54) is 56.9 Å². The first kappa shape index (κ1) is 15.6. The van der Waals surface area contributed by atoms with Crippen molar-refractivity contribution in [3.05, 3.63) is 34.9 Å². The van der Waals surface area contributed by atoms with Gasteiger partial charge in [-0.25, -0.2) is 0 Å². The molecule has 1 aliphatic carbocycles. The normalized spacial score (nSPS) is 16.9. The molecule has 20 heavy (non-hydrogen) atoms. The van der Waals surface area contributed by atoms with E-state index in [9.17, 15) is 0 Å². The van der Waals surface area contributed by atoms with Gasteiger partial charge in [0.25, 0.3) is 0 Å². The molecule has 0 amide bonds. The number of hydrogen-bond acceptors (Lipinski definition) is 1. The average molecular weight is 273 g/mol. The molecule has 1 aromatic rings. The van der Waals surface area contributed by atoms with E-state index in [0.29, 0.717) is 12.1 Å². The Kier molecular flexibility index (Phi) is 6.09. The summed E-state index contributed by atoms with van der Waals surface area (Å²) in [5.74, 6) is 0. The van der Waals surface area contributed by atoms with Crippen molar-refractivity contribution in [3.63, 3.8) is 0 Å². The lowest BCUT2D eigenvalue weighted by Crippen LogP contribution is -2.28. The van der Waals surface area contributed by atoms with Gasteiger partial charge in [-0.15, -0.1) is 0 Å². The monoisotopic (exact) mass is 273 g/mol. The van der Waals surface area contributed by atoms with Gasteiger partial charge < -0.3 is 5.32 Å². The van der Waals surface area contributed by atoms with E-state index in [1.807, 2.05) is 0 Å². The number of rotatable bonds is 8. The quantitative estimate of drug-likeness (QED) is 0.643. The van der Waals surface area contributed by atoms with Gasteiger partial charge in [0, 0.05) is 12.1 Å². The third-order valence-electron chi connectivity index (χ3n) is 4.65. The Balaban J connectivity index is 1.80. The lowest BCUT2D eigenvalue weighted by atomic mass is 10.0. The number of benzene rings is 1. The third-order valence-corrected chi connectivity index (χ3v) is 4.65. The fourth-order valence-electron chi connectivity index (χ4n) is 3.34. The van der Waals surface area contributed by atoms with Gasteiger partial charge in [0.2, 0.25) is 0 Å². The summed E-state index contributed by atoms with van der Waals surface area (Å²) < 4.78 is 0. The molecule has 0 aromatic heterocycles. The van der Waals surface area contributed by atoms with Crippen LogP contribution in [0.3, 0.4) is 0 Å². The minimum atomic E-state index is 0.474. The summed E-state index contributed by atoms with van der Waals surface area (Å²) >= 11 is 0. The van der Waals surface area contributed by atoms with Crippen molar-refractivity contribution >= 4 is 0 Å². The van der Waals surface area contributed by atoms with E-state index in [-0.39, 0.29) is 0 Å². The molecule has 1 N–H and O–H groups in total. The molecule has 0 aliphatic heterocycles. The van der Waals surface area contributed by atoms with E-state index < -0.39 is 0 Å². The number of aryl methyl sites for hydroxylation is 2. The number of hydrogen-bond donors (Lipinski definition) is 1. The summed E-state index contributed by atoms with van der Waals surface area (Å²) in [5.41, 5.74) is 4.63. The Hall–Kier alpha value is -0.820. The Morgan fingerprint density at radius 1 is 1.05 bits per heavy atom. The Bertz CT molecular complexity index is 410. The van der Waals surface area contributed by atoms with E-state index in [2.05, 4.69) is 44.3 Å². The number of unbranched alkanes of at least 4 members (excludes halogenated alkanes) is 3. The Labute approximate surface area is 125 Å².